The third-order valence-electron chi connectivity index (χ3n) is 2.89. The summed E-state index contributed by atoms with van der Waals surface area (Å²) in [7, 11) is 0. The first-order valence-corrected chi connectivity index (χ1v) is 5.65. The number of hydrogen-bond acceptors (Lipinski definition) is 1. The molecule has 0 aromatic heterocycles. The topological polar surface area (TPSA) is 37.3 Å². The second-order valence-corrected chi connectivity index (χ2v) is 3.92. The molecular formula is C13H15ClO2. The molecule has 0 radical (unpaired) electrons. The molecule has 0 aliphatic heterocycles. The molecule has 0 aliphatic carbocycles. The first-order valence-electron chi connectivity index (χ1n) is 5.21. The molecular weight excluding hydrogens is 224 g/mol. The molecule has 86 valence electrons. The summed E-state index contributed by atoms with van der Waals surface area (Å²) in [4.78, 5) is 11.5. The molecule has 0 heterocycles. The van der Waals surface area contributed by atoms with Crippen molar-refractivity contribution in [2.75, 3.05) is 0 Å². The number of rotatable bonds is 5. The first kappa shape index (κ1) is 12.8. The van der Waals surface area contributed by atoms with Crippen molar-refractivity contribution in [1.29, 1.82) is 0 Å². The highest BCUT2D eigenvalue weighted by Crippen LogP contribution is 2.32. The van der Waals surface area contributed by atoms with E-state index in [-0.39, 0.29) is 0 Å². The van der Waals surface area contributed by atoms with Crippen molar-refractivity contribution in [2.24, 2.45) is 0 Å². The Hall–Kier alpha value is -1.28. The molecule has 3 heteroatoms. The van der Waals surface area contributed by atoms with E-state index in [1.54, 1.807) is 6.08 Å². The minimum absolute atomic E-state index is 0.409. The van der Waals surface area contributed by atoms with Gasteiger partial charge in [-0.2, -0.15) is 0 Å². The van der Waals surface area contributed by atoms with E-state index in [1.165, 1.54) is 5.54 Å². The lowest BCUT2D eigenvalue weighted by molar-refractivity contribution is -0.144. The first-order chi connectivity index (χ1) is 7.67. The molecule has 0 fully saturated rings. The van der Waals surface area contributed by atoms with E-state index in [0.29, 0.717) is 12.8 Å². The number of benzene rings is 1. The van der Waals surface area contributed by atoms with Gasteiger partial charge in [-0.25, -0.2) is 0 Å². The molecule has 16 heavy (non-hydrogen) atoms. The number of hydrogen-bond donors (Lipinski definition) is 1. The molecule has 0 saturated carbocycles. The standard InChI is InChI=1S/C13H15ClO2/c1-2-13(12(15)16,9-6-10-14)11-7-4-3-5-8-11/h3-8,10H,2,9H2,1H3,(H,15,16)/b10-6+. The summed E-state index contributed by atoms with van der Waals surface area (Å²) in [6.07, 6.45) is 2.63. The van der Waals surface area contributed by atoms with Crippen LogP contribution in [-0.4, -0.2) is 11.1 Å². The fourth-order valence-electron chi connectivity index (χ4n) is 1.83. The number of carbonyl (C=O) groups is 1. The zero-order chi connectivity index (χ0) is 12.0. The summed E-state index contributed by atoms with van der Waals surface area (Å²) in [5, 5.41) is 9.43. The molecule has 0 spiro atoms. The lowest BCUT2D eigenvalue weighted by atomic mass is 9.75. The largest absolute Gasteiger partial charge is 0.481 e. The van der Waals surface area contributed by atoms with Crippen LogP contribution in [0, 0.1) is 0 Å². The van der Waals surface area contributed by atoms with Crippen LogP contribution >= 0.6 is 11.6 Å². The molecule has 1 atom stereocenters. The Bertz CT molecular complexity index is 373. The monoisotopic (exact) mass is 238 g/mol. The van der Waals surface area contributed by atoms with Gasteiger partial charge in [0.1, 0.15) is 0 Å². The zero-order valence-corrected chi connectivity index (χ0v) is 9.95. The normalized spacial score (nSPS) is 14.9. The van der Waals surface area contributed by atoms with Crippen LogP contribution in [0.1, 0.15) is 25.3 Å². The average molecular weight is 239 g/mol. The molecule has 0 saturated heterocycles. The van der Waals surface area contributed by atoms with Crippen molar-refractivity contribution < 1.29 is 9.90 Å². The van der Waals surface area contributed by atoms with Crippen LogP contribution in [0.4, 0.5) is 0 Å². The lowest BCUT2D eigenvalue weighted by Gasteiger charge is -2.27. The molecule has 0 aliphatic rings. The van der Waals surface area contributed by atoms with E-state index in [2.05, 4.69) is 0 Å². The van der Waals surface area contributed by atoms with Gasteiger partial charge in [0, 0.05) is 5.54 Å². The minimum atomic E-state index is -0.868. The second kappa shape index (κ2) is 5.71. The quantitative estimate of drug-likeness (QED) is 0.852. The zero-order valence-electron chi connectivity index (χ0n) is 9.19. The van der Waals surface area contributed by atoms with Crippen LogP contribution in [-0.2, 0) is 10.2 Å². The number of carboxylic acid groups (broad SMARTS) is 1. The molecule has 1 unspecified atom stereocenters. The van der Waals surface area contributed by atoms with Gasteiger partial charge in [-0.1, -0.05) is 54.9 Å². The van der Waals surface area contributed by atoms with Gasteiger partial charge in [-0.05, 0) is 18.4 Å². The smallest absolute Gasteiger partial charge is 0.314 e. The van der Waals surface area contributed by atoms with Crippen molar-refractivity contribution in [1.82, 2.24) is 0 Å². The van der Waals surface area contributed by atoms with E-state index < -0.39 is 11.4 Å². The fourth-order valence-corrected chi connectivity index (χ4v) is 1.92. The number of aliphatic carboxylic acids is 1. The molecule has 2 nitrogen and oxygen atoms in total. The van der Waals surface area contributed by atoms with Crippen LogP contribution in [0.25, 0.3) is 0 Å². The molecule has 0 amide bonds. The molecule has 1 aromatic rings. The predicted octanol–water partition coefficient (Wildman–Crippen LogP) is 3.56. The van der Waals surface area contributed by atoms with E-state index in [1.807, 2.05) is 37.3 Å². The van der Waals surface area contributed by atoms with Crippen molar-refractivity contribution in [2.45, 2.75) is 25.2 Å². The van der Waals surface area contributed by atoms with E-state index in [9.17, 15) is 9.90 Å². The summed E-state index contributed by atoms with van der Waals surface area (Å²) >= 11 is 5.48. The van der Waals surface area contributed by atoms with Crippen molar-refractivity contribution in [3.8, 4) is 0 Å². The van der Waals surface area contributed by atoms with Gasteiger partial charge >= 0.3 is 5.97 Å². The van der Waals surface area contributed by atoms with Gasteiger partial charge in [0.25, 0.3) is 0 Å². The maximum Gasteiger partial charge on any atom is 0.314 e. The molecule has 1 N–H and O–H groups in total. The van der Waals surface area contributed by atoms with Gasteiger partial charge in [0.15, 0.2) is 0 Å². The fraction of sp³-hybridized carbons (Fsp3) is 0.308. The van der Waals surface area contributed by atoms with Crippen molar-refractivity contribution >= 4 is 17.6 Å². The van der Waals surface area contributed by atoms with Crippen LogP contribution < -0.4 is 0 Å². The third-order valence-corrected chi connectivity index (χ3v) is 3.07. The SMILES string of the molecule is CCC(C/C=C/Cl)(C(=O)O)c1ccccc1. The van der Waals surface area contributed by atoms with Crippen LogP contribution in [0.3, 0.4) is 0 Å². The van der Waals surface area contributed by atoms with Gasteiger partial charge in [-0.15, -0.1) is 0 Å². The molecule has 1 rings (SSSR count). The van der Waals surface area contributed by atoms with E-state index in [4.69, 9.17) is 11.6 Å². The Morgan fingerprint density at radius 1 is 1.44 bits per heavy atom. The Morgan fingerprint density at radius 2 is 2.06 bits per heavy atom. The lowest BCUT2D eigenvalue weighted by Crippen LogP contribution is -2.34. The number of allylic oxidation sites excluding steroid dienone is 1. The molecule has 0 bridgehead atoms. The van der Waals surface area contributed by atoms with Crippen molar-refractivity contribution in [3.05, 3.63) is 47.5 Å². The van der Waals surface area contributed by atoms with Gasteiger partial charge in [0.05, 0.1) is 5.41 Å². The average Bonchev–Trinajstić information content (AvgIpc) is 2.31. The maximum absolute atomic E-state index is 11.5. The van der Waals surface area contributed by atoms with Gasteiger partial charge < -0.3 is 5.11 Å². The Morgan fingerprint density at radius 3 is 2.50 bits per heavy atom. The highest BCUT2D eigenvalue weighted by Gasteiger charge is 2.37. The highest BCUT2D eigenvalue weighted by atomic mass is 35.5. The Kier molecular flexibility index (Phi) is 4.56. The summed E-state index contributed by atoms with van der Waals surface area (Å²) in [6.45, 7) is 1.88. The maximum atomic E-state index is 11.5. The summed E-state index contributed by atoms with van der Waals surface area (Å²) < 4.78 is 0. The summed E-state index contributed by atoms with van der Waals surface area (Å²) in [6, 6.07) is 9.28. The summed E-state index contributed by atoms with van der Waals surface area (Å²) in [5.74, 6) is -0.809. The minimum Gasteiger partial charge on any atom is -0.481 e. The summed E-state index contributed by atoms with van der Waals surface area (Å²) in [5.41, 5.74) is 1.32. The number of carboxylic acids is 1. The highest BCUT2D eigenvalue weighted by molar-refractivity contribution is 6.25. The van der Waals surface area contributed by atoms with E-state index in [0.717, 1.165) is 5.56 Å². The third kappa shape index (κ3) is 2.45. The van der Waals surface area contributed by atoms with Crippen molar-refractivity contribution in [3.63, 3.8) is 0 Å². The Labute approximate surface area is 101 Å². The van der Waals surface area contributed by atoms with Crippen LogP contribution in [0.5, 0.6) is 0 Å². The van der Waals surface area contributed by atoms with Crippen LogP contribution in [0.15, 0.2) is 41.9 Å². The predicted molar refractivity (Wildman–Crippen MR) is 65.7 cm³/mol. The number of halogens is 1. The van der Waals surface area contributed by atoms with Gasteiger partial charge in [-0.3, -0.25) is 4.79 Å². The second-order valence-electron chi connectivity index (χ2n) is 3.67. The van der Waals surface area contributed by atoms with Gasteiger partial charge in [0.2, 0.25) is 0 Å². The molecule has 1 aromatic carbocycles. The Balaban J connectivity index is 3.17. The van der Waals surface area contributed by atoms with E-state index >= 15 is 0 Å². The van der Waals surface area contributed by atoms with Crippen LogP contribution in [0.2, 0.25) is 0 Å².